The summed E-state index contributed by atoms with van der Waals surface area (Å²) in [6.07, 6.45) is 3.79. The third kappa shape index (κ3) is 4.94. The monoisotopic (exact) mass is 378 g/mol. The highest BCUT2D eigenvalue weighted by Crippen LogP contribution is 2.23. The minimum absolute atomic E-state index is 0.129. The smallest absolute Gasteiger partial charge is 0.350 e. The van der Waals surface area contributed by atoms with Gasteiger partial charge in [0.05, 0.1) is 38.3 Å². The van der Waals surface area contributed by atoms with E-state index in [1.807, 2.05) is 17.0 Å². The van der Waals surface area contributed by atoms with E-state index >= 15 is 0 Å². The number of amides is 1. The second-order valence-electron chi connectivity index (χ2n) is 6.09. The summed E-state index contributed by atoms with van der Waals surface area (Å²) in [5.74, 6) is 0.141. The van der Waals surface area contributed by atoms with Crippen LogP contribution in [0.2, 0.25) is 0 Å². The third-order valence-corrected chi connectivity index (χ3v) is 5.02. The average molecular weight is 378 g/mol. The van der Waals surface area contributed by atoms with Crippen molar-refractivity contribution >= 4 is 28.9 Å². The van der Waals surface area contributed by atoms with Gasteiger partial charge in [-0.3, -0.25) is 9.69 Å². The summed E-state index contributed by atoms with van der Waals surface area (Å²) in [5, 5.41) is 4.54. The summed E-state index contributed by atoms with van der Waals surface area (Å²) in [6.45, 7) is 2.12. The normalized spacial score (nSPS) is 16.8. The molecule has 0 aliphatic carbocycles. The lowest BCUT2D eigenvalue weighted by molar-refractivity contribution is -0.117. The number of ether oxygens (including phenoxy) is 2. The zero-order valence-corrected chi connectivity index (χ0v) is 15.4. The molecule has 3 rings (SSSR count). The Kier molecular flexibility index (Phi) is 6.43. The lowest BCUT2D eigenvalue weighted by Gasteiger charge is -2.23. The molecular formula is C18H22N2O5S. The topological polar surface area (TPSA) is 81.0 Å². The molecule has 7 nitrogen and oxygen atoms in total. The second kappa shape index (κ2) is 8.98. The highest BCUT2D eigenvalue weighted by Gasteiger charge is 2.23. The number of thiophene rings is 1. The van der Waals surface area contributed by atoms with Crippen LogP contribution in [0.15, 0.2) is 34.3 Å². The first-order chi connectivity index (χ1) is 12.7. The van der Waals surface area contributed by atoms with Crippen molar-refractivity contribution in [3.8, 4) is 0 Å². The van der Waals surface area contributed by atoms with Crippen molar-refractivity contribution in [2.45, 2.75) is 25.5 Å². The highest BCUT2D eigenvalue weighted by molar-refractivity contribution is 7.12. The van der Waals surface area contributed by atoms with Gasteiger partial charge in [0.1, 0.15) is 10.6 Å². The molecule has 0 radical (unpaired) electrons. The summed E-state index contributed by atoms with van der Waals surface area (Å²) < 4.78 is 15.8. The van der Waals surface area contributed by atoms with Crippen molar-refractivity contribution in [2.24, 2.45) is 0 Å². The third-order valence-electron chi connectivity index (χ3n) is 4.12. The Morgan fingerprint density at radius 2 is 2.31 bits per heavy atom. The van der Waals surface area contributed by atoms with Gasteiger partial charge in [-0.05, 0) is 36.4 Å². The summed E-state index contributed by atoms with van der Waals surface area (Å²) in [6, 6.07) is 5.41. The van der Waals surface area contributed by atoms with Crippen LogP contribution in [-0.4, -0.2) is 49.7 Å². The van der Waals surface area contributed by atoms with Gasteiger partial charge in [0, 0.05) is 13.2 Å². The maximum Gasteiger partial charge on any atom is 0.350 e. The Morgan fingerprint density at radius 3 is 3.00 bits per heavy atom. The first-order valence-electron chi connectivity index (χ1n) is 8.47. The molecule has 1 atom stereocenters. The first-order valence-corrected chi connectivity index (χ1v) is 9.35. The van der Waals surface area contributed by atoms with Crippen LogP contribution in [-0.2, 0) is 20.8 Å². The number of hydrogen-bond donors (Lipinski definition) is 1. The van der Waals surface area contributed by atoms with Gasteiger partial charge in [0.25, 0.3) is 0 Å². The Balaban J connectivity index is 1.62. The van der Waals surface area contributed by atoms with E-state index < -0.39 is 5.97 Å². The SMILES string of the molecule is COC(=O)c1sccc1NC(=O)CN(Cc1ccco1)CC1CCCO1. The van der Waals surface area contributed by atoms with Crippen LogP contribution in [0, 0.1) is 0 Å². The molecule has 26 heavy (non-hydrogen) atoms. The average Bonchev–Trinajstić information content (AvgIpc) is 3.36. The van der Waals surface area contributed by atoms with Crippen molar-refractivity contribution in [1.29, 1.82) is 0 Å². The maximum atomic E-state index is 12.5. The first kappa shape index (κ1) is 18.6. The van der Waals surface area contributed by atoms with Gasteiger partial charge in [0.15, 0.2) is 0 Å². The van der Waals surface area contributed by atoms with Crippen LogP contribution >= 0.6 is 11.3 Å². The molecule has 1 amide bonds. The van der Waals surface area contributed by atoms with E-state index in [4.69, 9.17) is 13.9 Å². The molecule has 0 bridgehead atoms. The van der Waals surface area contributed by atoms with Crippen LogP contribution < -0.4 is 5.32 Å². The van der Waals surface area contributed by atoms with Crippen molar-refractivity contribution in [1.82, 2.24) is 4.90 Å². The Labute approximate surface area is 155 Å². The predicted molar refractivity (Wildman–Crippen MR) is 97.2 cm³/mol. The molecular weight excluding hydrogens is 356 g/mol. The number of nitrogens with zero attached hydrogens (tertiary/aromatic N) is 1. The van der Waals surface area contributed by atoms with Gasteiger partial charge < -0.3 is 19.2 Å². The summed E-state index contributed by atoms with van der Waals surface area (Å²) in [7, 11) is 1.32. The molecule has 2 aromatic heterocycles. The highest BCUT2D eigenvalue weighted by atomic mass is 32.1. The number of hydrogen-bond acceptors (Lipinski definition) is 7. The Bertz CT molecular complexity index is 722. The number of anilines is 1. The molecule has 1 aliphatic heterocycles. The van der Waals surface area contributed by atoms with Gasteiger partial charge in [-0.1, -0.05) is 0 Å². The van der Waals surface area contributed by atoms with Crippen molar-refractivity contribution in [3.05, 3.63) is 40.5 Å². The number of esters is 1. The quantitative estimate of drug-likeness (QED) is 0.712. The lowest BCUT2D eigenvalue weighted by Crippen LogP contribution is -2.38. The zero-order chi connectivity index (χ0) is 18.4. The molecule has 8 heteroatoms. The van der Waals surface area contributed by atoms with Crippen LogP contribution in [0.25, 0.3) is 0 Å². The largest absolute Gasteiger partial charge is 0.468 e. The zero-order valence-electron chi connectivity index (χ0n) is 14.6. The van der Waals surface area contributed by atoms with Crippen molar-refractivity contribution in [3.63, 3.8) is 0 Å². The fraction of sp³-hybridized carbons (Fsp3) is 0.444. The fourth-order valence-electron chi connectivity index (χ4n) is 2.94. The minimum atomic E-state index is -0.456. The van der Waals surface area contributed by atoms with Crippen LogP contribution in [0.3, 0.4) is 0 Å². The number of rotatable bonds is 8. The number of furan rings is 1. The molecule has 2 aromatic rings. The number of carbonyl (C=O) groups is 2. The molecule has 0 saturated carbocycles. The van der Waals surface area contributed by atoms with Crippen LogP contribution in [0.1, 0.15) is 28.3 Å². The molecule has 3 heterocycles. The summed E-state index contributed by atoms with van der Waals surface area (Å²) in [4.78, 5) is 26.6. The van der Waals surface area contributed by atoms with Gasteiger partial charge in [0.2, 0.25) is 5.91 Å². The van der Waals surface area contributed by atoms with E-state index in [2.05, 4.69) is 5.32 Å². The fourth-order valence-corrected chi connectivity index (χ4v) is 3.70. The van der Waals surface area contributed by atoms with E-state index in [9.17, 15) is 9.59 Å². The Hall–Kier alpha value is -2.16. The molecule has 140 valence electrons. The van der Waals surface area contributed by atoms with Gasteiger partial charge in [-0.2, -0.15) is 0 Å². The molecule has 1 fully saturated rings. The van der Waals surface area contributed by atoms with Crippen molar-refractivity contribution in [2.75, 3.05) is 32.1 Å². The van der Waals surface area contributed by atoms with Gasteiger partial charge in [-0.25, -0.2) is 4.79 Å². The maximum absolute atomic E-state index is 12.5. The van der Waals surface area contributed by atoms with E-state index in [-0.39, 0.29) is 18.6 Å². The van der Waals surface area contributed by atoms with Gasteiger partial charge in [-0.15, -0.1) is 11.3 Å². The molecule has 1 saturated heterocycles. The van der Waals surface area contributed by atoms with Crippen LogP contribution in [0.4, 0.5) is 5.69 Å². The number of methoxy groups -OCH3 is 1. The van der Waals surface area contributed by atoms with Gasteiger partial charge >= 0.3 is 5.97 Å². The van der Waals surface area contributed by atoms with E-state index in [0.29, 0.717) is 23.7 Å². The summed E-state index contributed by atoms with van der Waals surface area (Å²) >= 11 is 1.24. The number of nitrogens with one attached hydrogen (secondary N) is 1. The van der Waals surface area contributed by atoms with E-state index in [1.165, 1.54) is 18.4 Å². The Morgan fingerprint density at radius 1 is 1.42 bits per heavy atom. The van der Waals surface area contributed by atoms with Crippen molar-refractivity contribution < 1.29 is 23.5 Å². The molecule has 0 aromatic carbocycles. The predicted octanol–water partition coefficient (Wildman–Crippen LogP) is 2.75. The number of carbonyl (C=O) groups excluding carboxylic acids is 2. The molecule has 1 N–H and O–H groups in total. The minimum Gasteiger partial charge on any atom is -0.468 e. The molecule has 1 unspecified atom stereocenters. The van der Waals surface area contributed by atoms with E-state index in [1.54, 1.807) is 17.7 Å². The molecule has 1 aliphatic rings. The van der Waals surface area contributed by atoms with Crippen LogP contribution in [0.5, 0.6) is 0 Å². The molecule has 0 spiro atoms. The lowest BCUT2D eigenvalue weighted by atomic mass is 10.2. The van der Waals surface area contributed by atoms with E-state index in [0.717, 1.165) is 25.2 Å². The summed E-state index contributed by atoms with van der Waals surface area (Å²) in [5.41, 5.74) is 0.474. The second-order valence-corrected chi connectivity index (χ2v) is 7.00. The standard InChI is InChI=1S/C18H22N2O5S/c1-23-18(22)17-15(6-9-26-17)19-16(21)12-20(10-13-4-2-7-24-13)11-14-5-3-8-25-14/h2,4,6-7,9,14H,3,5,8,10-12H2,1H3,(H,19,21).